The standard InChI is InChI=1S/C22H28N2O2/c1-4-12-23(17-22(25)18-26-14-5-2)16-21-11-8-13-24(21)15-20-10-7-6-9-19(20)3/h2,4,6-11,13,22,25H,1,12,14-18H2,3H3/t22-/m0/s1. The van der Waals surface area contributed by atoms with Gasteiger partial charge in [0.2, 0.25) is 0 Å². The van der Waals surface area contributed by atoms with Crippen LogP contribution < -0.4 is 0 Å². The summed E-state index contributed by atoms with van der Waals surface area (Å²) >= 11 is 0. The molecule has 0 bridgehead atoms. The van der Waals surface area contributed by atoms with E-state index in [1.54, 1.807) is 0 Å². The van der Waals surface area contributed by atoms with Gasteiger partial charge in [-0.3, -0.25) is 4.90 Å². The van der Waals surface area contributed by atoms with Crippen molar-refractivity contribution in [1.29, 1.82) is 0 Å². The first-order valence-electron chi connectivity index (χ1n) is 8.85. The Morgan fingerprint density at radius 1 is 1.35 bits per heavy atom. The molecule has 1 heterocycles. The highest BCUT2D eigenvalue weighted by molar-refractivity contribution is 5.26. The molecule has 0 aliphatic heterocycles. The molecule has 1 atom stereocenters. The summed E-state index contributed by atoms with van der Waals surface area (Å²) in [4.78, 5) is 2.15. The van der Waals surface area contributed by atoms with Crippen molar-refractivity contribution in [2.24, 2.45) is 0 Å². The van der Waals surface area contributed by atoms with Gasteiger partial charge in [0, 0.05) is 38.1 Å². The van der Waals surface area contributed by atoms with Crippen molar-refractivity contribution in [1.82, 2.24) is 9.47 Å². The Balaban J connectivity index is 2.01. The molecule has 0 aliphatic carbocycles. The fourth-order valence-corrected chi connectivity index (χ4v) is 2.94. The molecule has 4 nitrogen and oxygen atoms in total. The van der Waals surface area contributed by atoms with Crippen molar-refractivity contribution >= 4 is 0 Å². The van der Waals surface area contributed by atoms with Gasteiger partial charge in [-0.1, -0.05) is 36.3 Å². The third-order valence-electron chi connectivity index (χ3n) is 4.26. The van der Waals surface area contributed by atoms with Crippen molar-refractivity contribution in [2.45, 2.75) is 26.1 Å². The first kappa shape index (κ1) is 20.0. The number of aliphatic hydroxyl groups is 1. The molecule has 1 aromatic carbocycles. The SMILES string of the molecule is C#CCOC[C@@H](O)CN(CC=C)Cc1cccn1Cc1ccccc1C. The zero-order valence-corrected chi connectivity index (χ0v) is 15.5. The molecule has 4 heteroatoms. The number of terminal acetylenes is 1. The minimum atomic E-state index is -0.580. The second kappa shape index (κ2) is 10.6. The van der Waals surface area contributed by atoms with E-state index in [1.165, 1.54) is 16.8 Å². The van der Waals surface area contributed by atoms with E-state index >= 15 is 0 Å². The molecule has 0 fully saturated rings. The van der Waals surface area contributed by atoms with Gasteiger partial charge in [0.05, 0.1) is 12.7 Å². The molecule has 2 aromatic rings. The fourth-order valence-electron chi connectivity index (χ4n) is 2.94. The number of hydrogen-bond acceptors (Lipinski definition) is 3. The van der Waals surface area contributed by atoms with Gasteiger partial charge in [-0.15, -0.1) is 13.0 Å². The lowest BCUT2D eigenvalue weighted by atomic mass is 10.1. The average Bonchev–Trinajstić information content (AvgIpc) is 3.04. The lowest BCUT2D eigenvalue weighted by Gasteiger charge is -2.24. The second-order valence-electron chi connectivity index (χ2n) is 6.41. The molecule has 26 heavy (non-hydrogen) atoms. The maximum Gasteiger partial charge on any atom is 0.107 e. The summed E-state index contributed by atoms with van der Waals surface area (Å²) in [6.07, 6.45) is 8.53. The summed E-state index contributed by atoms with van der Waals surface area (Å²) in [6.45, 7) is 9.19. The Bertz CT molecular complexity index is 730. The van der Waals surface area contributed by atoms with Crippen LogP contribution in [0.5, 0.6) is 0 Å². The molecule has 138 valence electrons. The highest BCUT2D eigenvalue weighted by atomic mass is 16.5. The molecule has 0 aliphatic rings. The largest absolute Gasteiger partial charge is 0.389 e. The summed E-state index contributed by atoms with van der Waals surface area (Å²) in [6, 6.07) is 12.6. The van der Waals surface area contributed by atoms with Crippen LogP contribution in [0, 0.1) is 19.3 Å². The molecule has 0 radical (unpaired) electrons. The van der Waals surface area contributed by atoms with Crippen LogP contribution in [0.15, 0.2) is 55.3 Å². The van der Waals surface area contributed by atoms with E-state index in [9.17, 15) is 5.11 Å². The zero-order chi connectivity index (χ0) is 18.8. The lowest BCUT2D eigenvalue weighted by molar-refractivity contribution is 0.0281. The predicted molar refractivity (Wildman–Crippen MR) is 106 cm³/mol. The molecule has 0 spiro atoms. The number of nitrogens with zero attached hydrogens (tertiary/aromatic N) is 2. The van der Waals surface area contributed by atoms with Crippen molar-refractivity contribution in [3.63, 3.8) is 0 Å². The molecule has 1 aromatic heterocycles. The van der Waals surface area contributed by atoms with Gasteiger partial charge in [0.25, 0.3) is 0 Å². The maximum atomic E-state index is 10.2. The molecular formula is C22H28N2O2. The van der Waals surface area contributed by atoms with Gasteiger partial charge < -0.3 is 14.4 Å². The van der Waals surface area contributed by atoms with Crippen LogP contribution >= 0.6 is 0 Å². The Labute approximate surface area is 156 Å². The summed E-state index contributed by atoms with van der Waals surface area (Å²) in [5.41, 5.74) is 3.80. The van der Waals surface area contributed by atoms with Crippen LogP contribution in [0.1, 0.15) is 16.8 Å². The van der Waals surface area contributed by atoms with E-state index in [0.717, 1.165) is 13.1 Å². The van der Waals surface area contributed by atoms with Gasteiger partial charge >= 0.3 is 0 Å². The summed E-state index contributed by atoms with van der Waals surface area (Å²) in [7, 11) is 0. The van der Waals surface area contributed by atoms with Crippen molar-refractivity contribution in [3.05, 3.63) is 72.1 Å². The van der Waals surface area contributed by atoms with Crippen LogP contribution in [-0.4, -0.2) is 47.0 Å². The number of ether oxygens (including phenoxy) is 1. The number of benzene rings is 1. The number of aromatic nitrogens is 1. The van der Waals surface area contributed by atoms with Crippen molar-refractivity contribution < 1.29 is 9.84 Å². The third kappa shape index (κ3) is 6.20. The number of hydrogen-bond donors (Lipinski definition) is 1. The second-order valence-corrected chi connectivity index (χ2v) is 6.41. The summed E-state index contributed by atoms with van der Waals surface area (Å²) < 4.78 is 7.48. The van der Waals surface area contributed by atoms with Gasteiger partial charge in [-0.25, -0.2) is 0 Å². The van der Waals surface area contributed by atoms with Crippen LogP contribution in [0.2, 0.25) is 0 Å². The Morgan fingerprint density at radius 3 is 2.88 bits per heavy atom. The molecular weight excluding hydrogens is 324 g/mol. The highest BCUT2D eigenvalue weighted by Gasteiger charge is 2.13. The van der Waals surface area contributed by atoms with E-state index < -0.39 is 6.10 Å². The van der Waals surface area contributed by atoms with E-state index in [1.807, 2.05) is 6.08 Å². The number of aliphatic hydroxyl groups excluding tert-OH is 1. The average molecular weight is 352 g/mol. The van der Waals surface area contributed by atoms with Gasteiger partial charge in [-0.2, -0.15) is 0 Å². The molecule has 1 N–H and O–H groups in total. The maximum absolute atomic E-state index is 10.2. The monoisotopic (exact) mass is 352 g/mol. The highest BCUT2D eigenvalue weighted by Crippen LogP contribution is 2.14. The topological polar surface area (TPSA) is 37.6 Å². The Morgan fingerprint density at radius 2 is 2.15 bits per heavy atom. The van der Waals surface area contributed by atoms with Gasteiger partial charge in [-0.05, 0) is 30.2 Å². The summed E-state index contributed by atoms with van der Waals surface area (Å²) in [5, 5.41) is 10.2. The fraction of sp³-hybridized carbons (Fsp3) is 0.364. The predicted octanol–water partition coefficient (Wildman–Crippen LogP) is 2.84. The lowest BCUT2D eigenvalue weighted by Crippen LogP contribution is -2.35. The molecule has 0 unspecified atom stereocenters. The van der Waals surface area contributed by atoms with Crippen molar-refractivity contribution in [2.75, 3.05) is 26.3 Å². The normalized spacial score (nSPS) is 12.1. The first-order chi connectivity index (χ1) is 12.6. The van der Waals surface area contributed by atoms with E-state index in [-0.39, 0.29) is 13.2 Å². The van der Waals surface area contributed by atoms with Crippen LogP contribution in [-0.2, 0) is 17.8 Å². The van der Waals surface area contributed by atoms with Crippen LogP contribution in [0.3, 0.4) is 0 Å². The Hall–Kier alpha value is -2.32. The molecule has 0 saturated heterocycles. The quantitative estimate of drug-likeness (QED) is 0.384. The number of rotatable bonds is 11. The first-order valence-corrected chi connectivity index (χ1v) is 8.85. The minimum Gasteiger partial charge on any atom is -0.389 e. The van der Waals surface area contributed by atoms with E-state index in [0.29, 0.717) is 13.1 Å². The Kier molecular flexibility index (Phi) is 8.17. The number of aryl methyl sites for hydroxylation is 1. The van der Waals surface area contributed by atoms with Crippen molar-refractivity contribution in [3.8, 4) is 12.3 Å². The third-order valence-corrected chi connectivity index (χ3v) is 4.26. The van der Waals surface area contributed by atoms with Gasteiger partial charge in [0.15, 0.2) is 0 Å². The molecule has 2 rings (SSSR count). The zero-order valence-electron chi connectivity index (χ0n) is 15.5. The van der Waals surface area contributed by atoms with E-state index in [2.05, 4.69) is 71.5 Å². The van der Waals surface area contributed by atoms with Gasteiger partial charge in [0.1, 0.15) is 6.61 Å². The van der Waals surface area contributed by atoms with Crippen LogP contribution in [0.4, 0.5) is 0 Å². The minimum absolute atomic E-state index is 0.220. The van der Waals surface area contributed by atoms with E-state index in [4.69, 9.17) is 11.2 Å². The molecule has 0 amide bonds. The summed E-state index contributed by atoms with van der Waals surface area (Å²) in [5.74, 6) is 2.41. The molecule has 0 saturated carbocycles. The van der Waals surface area contributed by atoms with Crippen LogP contribution in [0.25, 0.3) is 0 Å². The smallest absolute Gasteiger partial charge is 0.107 e.